The van der Waals surface area contributed by atoms with Gasteiger partial charge in [-0.15, -0.1) is 0 Å². The van der Waals surface area contributed by atoms with E-state index < -0.39 is 24.3 Å². The zero-order valence-corrected chi connectivity index (χ0v) is 10.1. The van der Waals surface area contributed by atoms with Gasteiger partial charge in [-0.3, -0.25) is 19.3 Å². The highest BCUT2D eigenvalue weighted by atomic mass is 16.5. The van der Waals surface area contributed by atoms with Crippen LogP contribution in [-0.4, -0.2) is 41.4 Å². The van der Waals surface area contributed by atoms with Crippen molar-refractivity contribution < 1.29 is 24.2 Å². The lowest BCUT2D eigenvalue weighted by Gasteiger charge is -2.11. The van der Waals surface area contributed by atoms with Crippen LogP contribution in [0.25, 0.3) is 5.57 Å². The minimum Gasteiger partial charge on any atom is -0.497 e. The first kappa shape index (κ1) is 12.8. The summed E-state index contributed by atoms with van der Waals surface area (Å²) in [6.45, 7) is -0.631. The van der Waals surface area contributed by atoms with Gasteiger partial charge in [0.25, 0.3) is 11.8 Å². The third-order valence-electron chi connectivity index (χ3n) is 2.70. The number of ether oxygens (including phenoxy) is 1. The Hall–Kier alpha value is -2.63. The minimum absolute atomic E-state index is 0.189. The molecule has 1 aromatic rings. The zero-order valence-electron chi connectivity index (χ0n) is 10.1. The Bertz CT molecular complexity index is 573. The molecule has 1 aromatic carbocycles. The van der Waals surface area contributed by atoms with Gasteiger partial charge in [0.05, 0.1) is 12.7 Å². The van der Waals surface area contributed by atoms with Crippen LogP contribution >= 0.6 is 0 Å². The lowest BCUT2D eigenvalue weighted by atomic mass is 10.1. The molecule has 1 aliphatic heterocycles. The van der Waals surface area contributed by atoms with E-state index in [0.29, 0.717) is 16.2 Å². The monoisotopic (exact) mass is 261 g/mol. The quantitative estimate of drug-likeness (QED) is 0.799. The van der Waals surface area contributed by atoms with Gasteiger partial charge in [-0.05, 0) is 17.7 Å². The molecule has 0 radical (unpaired) electrons. The number of imide groups is 1. The summed E-state index contributed by atoms with van der Waals surface area (Å²) in [5.74, 6) is -1.81. The van der Waals surface area contributed by atoms with Gasteiger partial charge in [-0.1, -0.05) is 12.1 Å². The molecule has 6 nitrogen and oxygen atoms in total. The lowest BCUT2D eigenvalue weighted by Crippen LogP contribution is -2.35. The van der Waals surface area contributed by atoms with E-state index in [2.05, 4.69) is 0 Å². The summed E-state index contributed by atoms with van der Waals surface area (Å²) in [7, 11) is 1.52. The summed E-state index contributed by atoms with van der Waals surface area (Å²) >= 11 is 0. The SMILES string of the molecule is COc1ccc(C2=CC(=O)N(CC(=O)O)C2=O)cc1. The number of carboxylic acids is 1. The molecule has 1 N–H and O–H groups in total. The lowest BCUT2D eigenvalue weighted by molar-refractivity contribution is -0.147. The summed E-state index contributed by atoms with van der Waals surface area (Å²) in [5.41, 5.74) is 0.737. The zero-order chi connectivity index (χ0) is 14.0. The maximum Gasteiger partial charge on any atom is 0.323 e. The normalized spacial score (nSPS) is 14.6. The number of carbonyl (C=O) groups excluding carboxylic acids is 2. The van der Waals surface area contributed by atoms with Gasteiger partial charge in [-0.25, -0.2) is 0 Å². The molecule has 98 valence electrons. The van der Waals surface area contributed by atoms with Crippen LogP contribution < -0.4 is 4.74 Å². The van der Waals surface area contributed by atoms with E-state index >= 15 is 0 Å². The van der Waals surface area contributed by atoms with Crippen molar-refractivity contribution in [2.45, 2.75) is 0 Å². The molecule has 2 rings (SSSR count). The number of aliphatic carboxylic acids is 1. The van der Waals surface area contributed by atoms with Crippen molar-refractivity contribution in [2.75, 3.05) is 13.7 Å². The van der Waals surface area contributed by atoms with Crippen molar-refractivity contribution in [3.05, 3.63) is 35.9 Å². The Kier molecular flexibility index (Phi) is 3.33. The van der Waals surface area contributed by atoms with Crippen LogP contribution in [0.5, 0.6) is 5.75 Å². The maximum atomic E-state index is 11.9. The number of hydrogen-bond acceptors (Lipinski definition) is 4. The molecule has 0 atom stereocenters. The Balaban J connectivity index is 2.26. The van der Waals surface area contributed by atoms with Crippen LogP contribution in [0, 0.1) is 0 Å². The number of carboxylic acid groups (broad SMARTS) is 1. The van der Waals surface area contributed by atoms with Crippen molar-refractivity contribution in [1.82, 2.24) is 4.90 Å². The van der Waals surface area contributed by atoms with Gasteiger partial charge in [0.1, 0.15) is 12.3 Å². The van der Waals surface area contributed by atoms with Crippen LogP contribution in [0.15, 0.2) is 30.3 Å². The van der Waals surface area contributed by atoms with E-state index in [-0.39, 0.29) is 5.57 Å². The van der Waals surface area contributed by atoms with Gasteiger partial charge >= 0.3 is 5.97 Å². The molecule has 1 heterocycles. The fourth-order valence-electron chi connectivity index (χ4n) is 1.77. The second-order valence-electron chi connectivity index (χ2n) is 3.91. The van der Waals surface area contributed by atoms with Crippen molar-refractivity contribution in [3.8, 4) is 5.75 Å². The highest BCUT2D eigenvalue weighted by Crippen LogP contribution is 2.24. The highest BCUT2D eigenvalue weighted by molar-refractivity contribution is 6.33. The molecular weight excluding hydrogens is 250 g/mol. The van der Waals surface area contributed by atoms with Gasteiger partial charge in [-0.2, -0.15) is 0 Å². The van der Waals surface area contributed by atoms with Crippen LogP contribution in [0.3, 0.4) is 0 Å². The summed E-state index contributed by atoms with van der Waals surface area (Å²) in [5, 5.41) is 8.65. The second-order valence-corrected chi connectivity index (χ2v) is 3.91. The summed E-state index contributed by atoms with van der Waals surface area (Å²) in [4.78, 5) is 34.8. The van der Waals surface area contributed by atoms with Gasteiger partial charge in [0.15, 0.2) is 0 Å². The first-order chi connectivity index (χ1) is 9.02. The van der Waals surface area contributed by atoms with Crippen molar-refractivity contribution >= 4 is 23.4 Å². The Labute approximate surface area is 108 Å². The minimum atomic E-state index is -1.23. The molecule has 0 saturated carbocycles. The van der Waals surface area contributed by atoms with E-state index in [0.717, 1.165) is 6.08 Å². The number of nitrogens with zero attached hydrogens (tertiary/aromatic N) is 1. The van der Waals surface area contributed by atoms with Crippen molar-refractivity contribution in [2.24, 2.45) is 0 Å². The summed E-state index contributed by atoms with van der Waals surface area (Å²) < 4.78 is 4.99. The number of hydrogen-bond donors (Lipinski definition) is 1. The molecule has 0 aromatic heterocycles. The van der Waals surface area contributed by atoms with Gasteiger partial charge in [0, 0.05) is 6.08 Å². The number of amides is 2. The average Bonchev–Trinajstić information content (AvgIpc) is 2.66. The number of benzene rings is 1. The molecule has 19 heavy (non-hydrogen) atoms. The average molecular weight is 261 g/mol. The topological polar surface area (TPSA) is 83.9 Å². The van der Waals surface area contributed by atoms with Gasteiger partial charge in [0.2, 0.25) is 0 Å². The standard InChI is InChI=1S/C13H11NO5/c1-19-9-4-2-8(3-5-9)10-6-11(15)14(13(10)18)7-12(16)17/h2-6H,7H2,1H3,(H,16,17). The van der Waals surface area contributed by atoms with E-state index in [1.807, 2.05) is 0 Å². The molecule has 1 aliphatic rings. The van der Waals surface area contributed by atoms with Crippen LogP contribution in [-0.2, 0) is 14.4 Å². The Morgan fingerprint density at radius 3 is 2.42 bits per heavy atom. The summed E-state index contributed by atoms with van der Waals surface area (Å²) in [6.07, 6.45) is 1.15. The molecule has 0 unspecified atom stereocenters. The van der Waals surface area contributed by atoms with Crippen molar-refractivity contribution in [1.29, 1.82) is 0 Å². The van der Waals surface area contributed by atoms with Crippen molar-refractivity contribution in [3.63, 3.8) is 0 Å². The van der Waals surface area contributed by atoms with E-state index in [9.17, 15) is 14.4 Å². The molecule has 6 heteroatoms. The van der Waals surface area contributed by atoms with E-state index in [4.69, 9.17) is 9.84 Å². The van der Waals surface area contributed by atoms with Crippen LogP contribution in [0.4, 0.5) is 0 Å². The molecule has 0 fully saturated rings. The second kappa shape index (κ2) is 4.93. The molecular formula is C13H11NO5. The summed E-state index contributed by atoms with van der Waals surface area (Å²) in [6, 6.07) is 6.60. The highest BCUT2D eigenvalue weighted by Gasteiger charge is 2.32. The molecule has 0 saturated heterocycles. The smallest absolute Gasteiger partial charge is 0.323 e. The molecule has 0 bridgehead atoms. The predicted molar refractivity (Wildman–Crippen MR) is 65.3 cm³/mol. The molecule has 2 amide bonds. The van der Waals surface area contributed by atoms with Crippen LogP contribution in [0.2, 0.25) is 0 Å². The Morgan fingerprint density at radius 1 is 1.26 bits per heavy atom. The first-order valence-corrected chi connectivity index (χ1v) is 5.46. The number of carbonyl (C=O) groups is 3. The molecule has 0 spiro atoms. The third-order valence-corrected chi connectivity index (χ3v) is 2.70. The predicted octanol–water partition coefficient (Wildman–Crippen LogP) is 0.532. The Morgan fingerprint density at radius 2 is 1.89 bits per heavy atom. The van der Waals surface area contributed by atoms with Crippen LogP contribution in [0.1, 0.15) is 5.56 Å². The maximum absolute atomic E-state index is 11.9. The fourth-order valence-corrected chi connectivity index (χ4v) is 1.77. The van der Waals surface area contributed by atoms with E-state index in [1.54, 1.807) is 24.3 Å². The number of rotatable bonds is 4. The molecule has 0 aliphatic carbocycles. The third kappa shape index (κ3) is 2.47. The number of methoxy groups -OCH3 is 1. The largest absolute Gasteiger partial charge is 0.497 e. The van der Waals surface area contributed by atoms with E-state index in [1.165, 1.54) is 7.11 Å². The first-order valence-electron chi connectivity index (χ1n) is 5.46. The fraction of sp³-hybridized carbons (Fsp3) is 0.154. The van der Waals surface area contributed by atoms with Gasteiger partial charge < -0.3 is 9.84 Å².